The van der Waals surface area contributed by atoms with E-state index in [1.807, 2.05) is 18.3 Å². The number of hydrogen-bond acceptors (Lipinski definition) is 4. The lowest BCUT2D eigenvalue weighted by Crippen LogP contribution is -2.41. The second-order valence-electron chi connectivity index (χ2n) is 4.12. The van der Waals surface area contributed by atoms with Crippen LogP contribution in [-0.4, -0.2) is 28.4 Å². The molecule has 0 saturated carbocycles. The number of guanidine groups is 1. The summed E-state index contributed by atoms with van der Waals surface area (Å²) in [7, 11) is 0. The maximum atomic E-state index is 5.88. The van der Waals surface area contributed by atoms with Gasteiger partial charge in [0.15, 0.2) is 5.96 Å². The second-order valence-corrected chi connectivity index (χ2v) is 5.03. The minimum absolute atomic E-state index is 0.174. The van der Waals surface area contributed by atoms with Crippen LogP contribution in [0.1, 0.15) is 25.6 Å². The number of aliphatic imine (C=N–C) groups is 1. The summed E-state index contributed by atoms with van der Waals surface area (Å²) in [4.78, 5) is 10.8. The van der Waals surface area contributed by atoms with Crippen molar-refractivity contribution < 1.29 is 0 Å². The second kappa shape index (κ2) is 4.41. The summed E-state index contributed by atoms with van der Waals surface area (Å²) in [5.41, 5.74) is 6.89. The molecular formula is C11H15BrN4. The van der Waals surface area contributed by atoms with Crippen molar-refractivity contribution in [1.29, 1.82) is 0 Å². The van der Waals surface area contributed by atoms with E-state index in [9.17, 15) is 0 Å². The number of pyridine rings is 1. The van der Waals surface area contributed by atoms with E-state index in [0.29, 0.717) is 18.5 Å². The lowest BCUT2D eigenvalue weighted by molar-refractivity contribution is 0.285. The molecule has 1 aromatic heterocycles. The predicted molar refractivity (Wildman–Crippen MR) is 68.1 cm³/mol. The molecule has 5 heteroatoms. The molecule has 86 valence electrons. The average Bonchev–Trinajstić information content (AvgIpc) is 2.61. The Morgan fingerprint density at radius 3 is 2.81 bits per heavy atom. The van der Waals surface area contributed by atoms with Crippen molar-refractivity contribution in [1.82, 2.24) is 9.88 Å². The molecule has 2 heterocycles. The SMILES string of the molecule is CC(C)N1C(N)=NCC1c1ccc(Br)cn1. The molecule has 2 N–H and O–H groups in total. The maximum Gasteiger partial charge on any atom is 0.192 e. The molecule has 0 spiro atoms. The monoisotopic (exact) mass is 282 g/mol. The highest BCUT2D eigenvalue weighted by Gasteiger charge is 2.30. The summed E-state index contributed by atoms with van der Waals surface area (Å²) in [6, 6.07) is 4.52. The van der Waals surface area contributed by atoms with E-state index < -0.39 is 0 Å². The molecule has 2 rings (SSSR count). The zero-order chi connectivity index (χ0) is 11.7. The van der Waals surface area contributed by atoms with Crippen molar-refractivity contribution in [2.75, 3.05) is 6.54 Å². The van der Waals surface area contributed by atoms with Crippen molar-refractivity contribution in [2.24, 2.45) is 10.7 Å². The molecule has 1 atom stereocenters. The van der Waals surface area contributed by atoms with Gasteiger partial charge < -0.3 is 10.6 Å². The van der Waals surface area contributed by atoms with E-state index in [1.54, 1.807) is 0 Å². The normalized spacial score (nSPS) is 20.4. The van der Waals surface area contributed by atoms with E-state index in [0.717, 1.165) is 10.2 Å². The molecule has 0 amide bonds. The summed E-state index contributed by atoms with van der Waals surface area (Å²) in [6.45, 7) is 4.91. The Balaban J connectivity index is 2.25. The van der Waals surface area contributed by atoms with Crippen LogP contribution in [0, 0.1) is 0 Å². The lowest BCUT2D eigenvalue weighted by Gasteiger charge is -2.29. The van der Waals surface area contributed by atoms with Crippen molar-refractivity contribution in [3.05, 3.63) is 28.5 Å². The first-order chi connectivity index (χ1) is 7.59. The lowest BCUT2D eigenvalue weighted by atomic mass is 10.1. The van der Waals surface area contributed by atoms with Gasteiger partial charge in [0.05, 0.1) is 18.3 Å². The first kappa shape index (κ1) is 11.4. The summed E-state index contributed by atoms with van der Waals surface area (Å²) >= 11 is 3.38. The number of rotatable bonds is 2. The van der Waals surface area contributed by atoms with Gasteiger partial charge in [0.25, 0.3) is 0 Å². The molecule has 1 aliphatic rings. The third-order valence-electron chi connectivity index (χ3n) is 2.67. The fourth-order valence-corrected chi connectivity index (χ4v) is 2.19. The molecule has 0 radical (unpaired) electrons. The zero-order valence-electron chi connectivity index (χ0n) is 9.39. The standard InChI is InChI=1S/C11H15BrN4/c1-7(2)16-10(6-15-11(16)13)9-4-3-8(12)5-14-9/h3-5,7,10H,6H2,1-2H3,(H2,13,15). The van der Waals surface area contributed by atoms with E-state index in [-0.39, 0.29) is 6.04 Å². The van der Waals surface area contributed by atoms with Gasteiger partial charge in [0.2, 0.25) is 0 Å². The zero-order valence-corrected chi connectivity index (χ0v) is 11.0. The Hall–Kier alpha value is -1.10. The van der Waals surface area contributed by atoms with Crippen LogP contribution in [0.2, 0.25) is 0 Å². The highest BCUT2D eigenvalue weighted by molar-refractivity contribution is 9.10. The topological polar surface area (TPSA) is 54.5 Å². The molecule has 1 unspecified atom stereocenters. The van der Waals surface area contributed by atoms with Gasteiger partial charge in [0.1, 0.15) is 0 Å². The predicted octanol–water partition coefficient (Wildman–Crippen LogP) is 1.92. The molecule has 4 nitrogen and oxygen atoms in total. The molecule has 0 aromatic carbocycles. The third-order valence-corrected chi connectivity index (χ3v) is 3.14. The average molecular weight is 283 g/mol. The van der Waals surface area contributed by atoms with Crippen LogP contribution in [-0.2, 0) is 0 Å². The first-order valence-electron chi connectivity index (χ1n) is 5.29. The fraction of sp³-hybridized carbons (Fsp3) is 0.455. The first-order valence-corrected chi connectivity index (χ1v) is 6.08. The summed E-state index contributed by atoms with van der Waals surface area (Å²) in [5, 5.41) is 0. The van der Waals surface area contributed by atoms with Crippen molar-refractivity contribution in [3.8, 4) is 0 Å². The van der Waals surface area contributed by atoms with Crippen LogP contribution in [0.4, 0.5) is 0 Å². The van der Waals surface area contributed by atoms with E-state index in [4.69, 9.17) is 5.73 Å². The largest absolute Gasteiger partial charge is 0.370 e. The fourth-order valence-electron chi connectivity index (χ4n) is 1.95. The quantitative estimate of drug-likeness (QED) is 0.902. The Morgan fingerprint density at radius 1 is 1.50 bits per heavy atom. The number of nitrogens with zero attached hydrogens (tertiary/aromatic N) is 3. The molecule has 0 aliphatic carbocycles. The van der Waals surface area contributed by atoms with E-state index in [1.165, 1.54) is 0 Å². The van der Waals surface area contributed by atoms with Gasteiger partial charge >= 0.3 is 0 Å². The minimum atomic E-state index is 0.174. The molecule has 1 aliphatic heterocycles. The number of hydrogen-bond donors (Lipinski definition) is 1. The Kier molecular flexibility index (Phi) is 3.14. The highest BCUT2D eigenvalue weighted by Crippen LogP contribution is 2.26. The van der Waals surface area contributed by atoms with Crippen LogP contribution in [0.5, 0.6) is 0 Å². The van der Waals surface area contributed by atoms with Crippen LogP contribution in [0.15, 0.2) is 27.8 Å². The molecule has 0 saturated heterocycles. The smallest absolute Gasteiger partial charge is 0.192 e. The Labute approximate surface area is 104 Å². The van der Waals surface area contributed by atoms with Gasteiger partial charge in [-0.2, -0.15) is 0 Å². The van der Waals surface area contributed by atoms with Crippen LogP contribution in [0.3, 0.4) is 0 Å². The Morgan fingerprint density at radius 2 is 2.25 bits per heavy atom. The maximum absolute atomic E-state index is 5.88. The molecule has 1 aromatic rings. The van der Waals surface area contributed by atoms with Gasteiger partial charge in [-0.1, -0.05) is 0 Å². The van der Waals surface area contributed by atoms with Crippen LogP contribution in [0.25, 0.3) is 0 Å². The van der Waals surface area contributed by atoms with Gasteiger partial charge in [0, 0.05) is 16.7 Å². The highest BCUT2D eigenvalue weighted by atomic mass is 79.9. The van der Waals surface area contributed by atoms with Gasteiger partial charge in [-0.15, -0.1) is 0 Å². The number of aromatic nitrogens is 1. The Bertz CT molecular complexity index is 399. The third kappa shape index (κ3) is 2.04. The van der Waals surface area contributed by atoms with Gasteiger partial charge in [-0.3, -0.25) is 9.98 Å². The van der Waals surface area contributed by atoms with Crippen LogP contribution < -0.4 is 5.73 Å². The summed E-state index contributed by atoms with van der Waals surface area (Å²) in [6.07, 6.45) is 1.81. The summed E-state index contributed by atoms with van der Waals surface area (Å²) < 4.78 is 0.985. The van der Waals surface area contributed by atoms with Crippen molar-refractivity contribution in [2.45, 2.75) is 25.9 Å². The van der Waals surface area contributed by atoms with Gasteiger partial charge in [-0.25, -0.2) is 0 Å². The molecule has 0 bridgehead atoms. The number of halogens is 1. The molecule has 16 heavy (non-hydrogen) atoms. The van der Waals surface area contributed by atoms with E-state index in [2.05, 4.69) is 44.7 Å². The van der Waals surface area contributed by atoms with Gasteiger partial charge in [-0.05, 0) is 41.9 Å². The summed E-state index contributed by atoms with van der Waals surface area (Å²) in [5.74, 6) is 0.615. The van der Waals surface area contributed by atoms with E-state index >= 15 is 0 Å². The molecular weight excluding hydrogens is 268 g/mol. The van der Waals surface area contributed by atoms with Crippen LogP contribution >= 0.6 is 15.9 Å². The number of nitrogens with two attached hydrogens (primary N) is 1. The van der Waals surface area contributed by atoms with Crippen molar-refractivity contribution >= 4 is 21.9 Å². The minimum Gasteiger partial charge on any atom is -0.370 e. The van der Waals surface area contributed by atoms with Crippen molar-refractivity contribution in [3.63, 3.8) is 0 Å². The molecule has 0 fully saturated rings.